The lowest BCUT2D eigenvalue weighted by Crippen LogP contribution is -2.35. The molecule has 0 aliphatic carbocycles. The number of benzene rings is 1. The third-order valence-electron chi connectivity index (χ3n) is 6.34. The number of carboxylic acids is 1. The molecule has 2 rings (SSSR count). The van der Waals surface area contributed by atoms with Crippen molar-refractivity contribution < 1.29 is 19.4 Å². The first-order chi connectivity index (χ1) is 14.0. The fraction of sp³-hybridized carbons (Fsp3) is 0.654. The van der Waals surface area contributed by atoms with Gasteiger partial charge in [0.1, 0.15) is 17.1 Å². The van der Waals surface area contributed by atoms with E-state index >= 15 is 0 Å². The number of ether oxygens (including phenoxy) is 2. The van der Waals surface area contributed by atoms with Crippen molar-refractivity contribution in [3.63, 3.8) is 0 Å². The summed E-state index contributed by atoms with van der Waals surface area (Å²) in [4.78, 5) is 10.9. The summed E-state index contributed by atoms with van der Waals surface area (Å²) < 4.78 is 12.1. The Labute approximate surface area is 182 Å². The van der Waals surface area contributed by atoms with Crippen molar-refractivity contribution >= 4 is 5.97 Å². The lowest BCUT2D eigenvalue weighted by Gasteiger charge is -2.36. The summed E-state index contributed by atoms with van der Waals surface area (Å²) in [5, 5.41) is 8.97. The summed E-state index contributed by atoms with van der Waals surface area (Å²) >= 11 is 0. The Balaban J connectivity index is 2.09. The average Bonchev–Trinajstić information content (AvgIpc) is 2.65. The summed E-state index contributed by atoms with van der Waals surface area (Å²) in [6, 6.07) is 0. The van der Waals surface area contributed by atoms with Crippen LogP contribution in [0.2, 0.25) is 0 Å². The Morgan fingerprint density at radius 2 is 1.87 bits per heavy atom. The van der Waals surface area contributed by atoms with Crippen LogP contribution in [0.4, 0.5) is 0 Å². The molecule has 1 aromatic carbocycles. The molecule has 0 saturated carbocycles. The number of hydrogen-bond donors (Lipinski definition) is 1. The van der Waals surface area contributed by atoms with Crippen LogP contribution in [-0.4, -0.2) is 23.3 Å². The highest BCUT2D eigenvalue weighted by atomic mass is 16.5. The van der Waals surface area contributed by atoms with Crippen LogP contribution in [-0.2, 0) is 11.2 Å². The maximum absolute atomic E-state index is 10.9. The molecule has 0 fully saturated rings. The fourth-order valence-corrected chi connectivity index (χ4v) is 4.26. The molecule has 1 aliphatic rings. The second-order valence-corrected chi connectivity index (χ2v) is 9.68. The molecular formula is C26H40O4. The number of aliphatic carboxylic acids is 1. The Kier molecular flexibility index (Phi) is 8.40. The highest BCUT2D eigenvalue weighted by Gasteiger charge is 2.33. The van der Waals surface area contributed by atoms with E-state index in [1.165, 1.54) is 19.3 Å². The van der Waals surface area contributed by atoms with Crippen LogP contribution in [0.25, 0.3) is 0 Å². The van der Waals surface area contributed by atoms with Crippen molar-refractivity contribution in [3.05, 3.63) is 34.4 Å². The van der Waals surface area contributed by atoms with E-state index < -0.39 is 5.97 Å². The molecule has 1 aromatic rings. The number of carboxylic acid groups (broad SMARTS) is 1. The average molecular weight is 417 g/mol. The second-order valence-electron chi connectivity index (χ2n) is 9.68. The van der Waals surface area contributed by atoms with E-state index in [2.05, 4.69) is 39.8 Å². The molecule has 30 heavy (non-hydrogen) atoms. The zero-order valence-electron chi connectivity index (χ0n) is 19.9. The van der Waals surface area contributed by atoms with E-state index in [-0.39, 0.29) is 12.2 Å². The Morgan fingerprint density at radius 3 is 2.50 bits per heavy atom. The molecule has 4 nitrogen and oxygen atoms in total. The van der Waals surface area contributed by atoms with Crippen LogP contribution >= 0.6 is 0 Å². The molecule has 0 aromatic heterocycles. The zero-order chi connectivity index (χ0) is 22.5. The minimum atomic E-state index is -0.962. The number of allylic oxidation sites excluding steroid dienone is 1. The van der Waals surface area contributed by atoms with Gasteiger partial charge in [-0.2, -0.15) is 0 Å². The van der Waals surface area contributed by atoms with Crippen molar-refractivity contribution in [2.45, 2.75) is 92.6 Å². The van der Waals surface area contributed by atoms with Gasteiger partial charge in [0.25, 0.3) is 0 Å². The van der Waals surface area contributed by atoms with Gasteiger partial charge in [-0.1, -0.05) is 46.1 Å². The quantitative estimate of drug-likeness (QED) is 0.438. The third kappa shape index (κ3) is 6.26. The summed E-state index contributed by atoms with van der Waals surface area (Å²) in [6.07, 6.45) is 11.3. The van der Waals surface area contributed by atoms with Crippen molar-refractivity contribution in [3.8, 4) is 11.5 Å². The SMILES string of the molecule is Cc1c(C)c2c(c(C)c1OCC(=O)O)CCC(C)(/C=C/CC(C)CCCC(C)C)O2. The maximum atomic E-state index is 10.9. The first-order valence-corrected chi connectivity index (χ1v) is 11.4. The minimum absolute atomic E-state index is 0.308. The van der Waals surface area contributed by atoms with Crippen molar-refractivity contribution in [1.29, 1.82) is 0 Å². The lowest BCUT2D eigenvalue weighted by molar-refractivity contribution is -0.139. The van der Waals surface area contributed by atoms with Gasteiger partial charge in [0, 0.05) is 5.56 Å². The standard InChI is InChI=1S/C26H40O4/c1-17(2)10-8-11-18(3)12-9-14-26(7)15-13-22-21(6)24(29-16-23(27)28)19(4)20(5)25(22)30-26/h9,14,17-18H,8,10-13,15-16H2,1-7H3,(H,27,28)/b14-9+. The van der Waals surface area contributed by atoms with Gasteiger partial charge in [-0.3, -0.25) is 0 Å². The predicted octanol–water partition coefficient (Wildman–Crippen LogP) is 6.57. The topological polar surface area (TPSA) is 55.8 Å². The van der Waals surface area contributed by atoms with Gasteiger partial charge >= 0.3 is 5.97 Å². The zero-order valence-corrected chi connectivity index (χ0v) is 19.9. The van der Waals surface area contributed by atoms with E-state index in [9.17, 15) is 4.79 Å². The van der Waals surface area contributed by atoms with Crippen LogP contribution in [0, 0.1) is 32.6 Å². The smallest absolute Gasteiger partial charge is 0.341 e. The van der Waals surface area contributed by atoms with E-state index in [4.69, 9.17) is 14.6 Å². The summed E-state index contributed by atoms with van der Waals surface area (Å²) in [6.45, 7) is 14.8. The normalized spacial score (nSPS) is 19.6. The van der Waals surface area contributed by atoms with Gasteiger partial charge in [0.05, 0.1) is 0 Å². The van der Waals surface area contributed by atoms with Gasteiger partial charge in [-0.05, 0) is 81.6 Å². The summed E-state index contributed by atoms with van der Waals surface area (Å²) in [5.41, 5.74) is 3.83. The molecule has 0 saturated heterocycles. The van der Waals surface area contributed by atoms with Crippen molar-refractivity contribution in [2.24, 2.45) is 11.8 Å². The molecular weight excluding hydrogens is 376 g/mol. The molecule has 2 unspecified atom stereocenters. The fourth-order valence-electron chi connectivity index (χ4n) is 4.26. The largest absolute Gasteiger partial charge is 0.483 e. The van der Waals surface area contributed by atoms with Crippen LogP contribution in [0.15, 0.2) is 12.2 Å². The van der Waals surface area contributed by atoms with Crippen LogP contribution < -0.4 is 9.47 Å². The van der Waals surface area contributed by atoms with Gasteiger partial charge in [-0.25, -0.2) is 4.79 Å². The maximum Gasteiger partial charge on any atom is 0.341 e. The number of fused-ring (bicyclic) bond motifs is 1. The molecule has 0 radical (unpaired) electrons. The number of rotatable bonds is 10. The molecule has 2 atom stereocenters. The van der Waals surface area contributed by atoms with Crippen molar-refractivity contribution in [1.82, 2.24) is 0 Å². The summed E-state index contributed by atoms with van der Waals surface area (Å²) in [7, 11) is 0. The number of hydrogen-bond acceptors (Lipinski definition) is 3. The minimum Gasteiger partial charge on any atom is -0.483 e. The number of carbonyl (C=O) groups is 1. The van der Waals surface area contributed by atoms with E-state index in [0.29, 0.717) is 11.7 Å². The van der Waals surface area contributed by atoms with Crippen LogP contribution in [0.3, 0.4) is 0 Å². The Bertz CT molecular complexity index is 778. The van der Waals surface area contributed by atoms with Gasteiger partial charge < -0.3 is 14.6 Å². The van der Waals surface area contributed by atoms with Crippen LogP contribution in [0.5, 0.6) is 11.5 Å². The molecule has 0 spiro atoms. The highest BCUT2D eigenvalue weighted by molar-refractivity contribution is 5.69. The van der Waals surface area contributed by atoms with E-state index in [1.54, 1.807) is 0 Å². The predicted molar refractivity (Wildman–Crippen MR) is 123 cm³/mol. The summed E-state index contributed by atoms with van der Waals surface area (Å²) in [5.74, 6) is 2.14. The third-order valence-corrected chi connectivity index (χ3v) is 6.34. The second kappa shape index (κ2) is 10.4. The first-order valence-electron chi connectivity index (χ1n) is 11.4. The Morgan fingerprint density at radius 1 is 1.17 bits per heavy atom. The van der Waals surface area contributed by atoms with Crippen LogP contribution in [0.1, 0.15) is 82.1 Å². The molecule has 0 bridgehead atoms. The molecule has 1 N–H and O–H groups in total. The first kappa shape index (κ1) is 24.3. The monoisotopic (exact) mass is 416 g/mol. The van der Waals surface area contributed by atoms with E-state index in [1.807, 2.05) is 20.8 Å². The molecule has 168 valence electrons. The van der Waals surface area contributed by atoms with Gasteiger partial charge in [0.15, 0.2) is 6.61 Å². The van der Waals surface area contributed by atoms with Gasteiger partial charge in [-0.15, -0.1) is 0 Å². The van der Waals surface area contributed by atoms with E-state index in [0.717, 1.165) is 53.2 Å². The van der Waals surface area contributed by atoms with Crippen molar-refractivity contribution in [2.75, 3.05) is 6.61 Å². The van der Waals surface area contributed by atoms with Gasteiger partial charge in [0.2, 0.25) is 0 Å². The Hall–Kier alpha value is -1.97. The molecule has 1 aliphatic heterocycles. The molecule has 0 amide bonds. The molecule has 1 heterocycles. The highest BCUT2D eigenvalue weighted by Crippen LogP contribution is 2.44. The molecule has 4 heteroatoms. The lowest BCUT2D eigenvalue weighted by atomic mass is 9.86.